The minimum Gasteiger partial charge on any atom is -0.378 e. The van der Waals surface area contributed by atoms with Gasteiger partial charge in [0.2, 0.25) is 0 Å². The van der Waals surface area contributed by atoms with Crippen LogP contribution in [-0.2, 0) is 11.2 Å². The van der Waals surface area contributed by atoms with Gasteiger partial charge in [0.05, 0.1) is 5.60 Å². The summed E-state index contributed by atoms with van der Waals surface area (Å²) in [5.74, 6) is 0. The first-order chi connectivity index (χ1) is 6.85. The van der Waals surface area contributed by atoms with Crippen LogP contribution in [0, 0.1) is 0 Å². The third-order valence-electron chi connectivity index (χ3n) is 3.02. The maximum Gasteiger partial charge on any atom is 0.0757 e. The van der Waals surface area contributed by atoms with Crippen LogP contribution < -0.4 is 5.32 Å². The first kappa shape index (κ1) is 9.68. The Morgan fingerprint density at radius 3 is 2.86 bits per heavy atom. The van der Waals surface area contributed by atoms with E-state index in [1.807, 2.05) is 13.2 Å². The number of H-pyrrole nitrogens is 1. The molecular formula is C10H17N3O. The van der Waals surface area contributed by atoms with Crippen molar-refractivity contribution in [1.29, 1.82) is 0 Å². The van der Waals surface area contributed by atoms with E-state index in [2.05, 4.69) is 15.5 Å². The van der Waals surface area contributed by atoms with E-state index in [-0.39, 0.29) is 5.60 Å². The lowest BCUT2D eigenvalue weighted by Gasteiger charge is -2.36. The first-order valence-electron chi connectivity index (χ1n) is 5.09. The number of hydrogen-bond acceptors (Lipinski definition) is 3. The first-order valence-corrected chi connectivity index (χ1v) is 5.09. The Hall–Kier alpha value is -0.870. The van der Waals surface area contributed by atoms with Crippen LogP contribution in [0.3, 0.4) is 0 Å². The summed E-state index contributed by atoms with van der Waals surface area (Å²) in [6, 6.07) is 2.02. The van der Waals surface area contributed by atoms with Gasteiger partial charge in [-0.1, -0.05) is 0 Å². The van der Waals surface area contributed by atoms with Gasteiger partial charge in [0.15, 0.2) is 0 Å². The number of hydrogen-bond donors (Lipinski definition) is 2. The molecule has 0 aromatic carbocycles. The zero-order valence-electron chi connectivity index (χ0n) is 8.55. The van der Waals surface area contributed by atoms with E-state index in [1.54, 1.807) is 6.20 Å². The quantitative estimate of drug-likeness (QED) is 0.747. The van der Waals surface area contributed by atoms with Gasteiger partial charge in [-0.3, -0.25) is 5.10 Å². The predicted octanol–water partition coefficient (Wildman–Crippen LogP) is 0.721. The summed E-state index contributed by atoms with van der Waals surface area (Å²) in [5.41, 5.74) is 1.17. The van der Waals surface area contributed by atoms with Crippen molar-refractivity contribution in [3.63, 3.8) is 0 Å². The minimum absolute atomic E-state index is 0.0117. The molecule has 1 saturated heterocycles. The molecule has 1 aromatic heterocycles. The molecule has 2 rings (SSSR count). The SMILES string of the molecule is COC1(Cc2ccn[nH]2)CCNCC1. The monoisotopic (exact) mass is 195 g/mol. The highest BCUT2D eigenvalue weighted by molar-refractivity contribution is 5.04. The number of piperidine rings is 1. The van der Waals surface area contributed by atoms with E-state index in [0.29, 0.717) is 0 Å². The molecular weight excluding hydrogens is 178 g/mol. The second-order valence-corrected chi connectivity index (χ2v) is 3.90. The van der Waals surface area contributed by atoms with Gasteiger partial charge in [0.25, 0.3) is 0 Å². The average Bonchev–Trinajstić information content (AvgIpc) is 2.72. The molecule has 4 nitrogen and oxygen atoms in total. The normalized spacial score (nSPS) is 20.9. The van der Waals surface area contributed by atoms with Gasteiger partial charge in [0.1, 0.15) is 0 Å². The molecule has 0 radical (unpaired) electrons. The summed E-state index contributed by atoms with van der Waals surface area (Å²) in [6.07, 6.45) is 4.87. The highest BCUT2D eigenvalue weighted by atomic mass is 16.5. The highest BCUT2D eigenvalue weighted by Gasteiger charge is 2.32. The van der Waals surface area contributed by atoms with Crippen molar-refractivity contribution in [3.8, 4) is 0 Å². The maximum atomic E-state index is 5.66. The molecule has 0 aliphatic carbocycles. The lowest BCUT2D eigenvalue weighted by molar-refractivity contribution is -0.0340. The molecule has 0 saturated carbocycles. The predicted molar refractivity (Wildman–Crippen MR) is 54.1 cm³/mol. The fourth-order valence-electron chi connectivity index (χ4n) is 2.07. The third kappa shape index (κ3) is 1.96. The average molecular weight is 195 g/mol. The second-order valence-electron chi connectivity index (χ2n) is 3.90. The Bertz CT molecular complexity index is 265. The topological polar surface area (TPSA) is 49.9 Å². The number of aromatic amines is 1. The van der Waals surface area contributed by atoms with Crippen molar-refractivity contribution < 1.29 is 4.74 Å². The number of methoxy groups -OCH3 is 1. The van der Waals surface area contributed by atoms with Crippen LogP contribution in [0.5, 0.6) is 0 Å². The van der Waals surface area contributed by atoms with Gasteiger partial charge >= 0.3 is 0 Å². The summed E-state index contributed by atoms with van der Waals surface area (Å²) in [7, 11) is 1.81. The molecule has 0 unspecified atom stereocenters. The molecule has 0 bridgehead atoms. The van der Waals surface area contributed by atoms with Gasteiger partial charge < -0.3 is 10.1 Å². The number of nitrogens with zero attached hydrogens (tertiary/aromatic N) is 1. The van der Waals surface area contributed by atoms with Gasteiger partial charge in [-0.2, -0.15) is 5.10 Å². The fourth-order valence-corrected chi connectivity index (χ4v) is 2.07. The fraction of sp³-hybridized carbons (Fsp3) is 0.700. The Balaban J connectivity index is 2.04. The van der Waals surface area contributed by atoms with Crippen molar-refractivity contribution >= 4 is 0 Å². The van der Waals surface area contributed by atoms with Crippen LogP contribution >= 0.6 is 0 Å². The summed E-state index contributed by atoms with van der Waals surface area (Å²) >= 11 is 0. The molecule has 0 spiro atoms. The van der Waals surface area contributed by atoms with Crippen molar-refractivity contribution in [2.24, 2.45) is 0 Å². The number of aromatic nitrogens is 2. The number of rotatable bonds is 3. The largest absolute Gasteiger partial charge is 0.378 e. The van der Waals surface area contributed by atoms with Crippen LogP contribution in [0.1, 0.15) is 18.5 Å². The van der Waals surface area contributed by atoms with E-state index in [4.69, 9.17) is 4.74 Å². The summed E-state index contributed by atoms with van der Waals surface area (Å²) in [5, 5.41) is 10.3. The third-order valence-corrected chi connectivity index (χ3v) is 3.02. The van der Waals surface area contributed by atoms with Crippen LogP contribution in [0.2, 0.25) is 0 Å². The lowest BCUT2D eigenvalue weighted by Crippen LogP contribution is -2.45. The molecule has 1 aliphatic heterocycles. The Labute approximate surface area is 84.0 Å². The molecule has 78 valence electrons. The Morgan fingerprint density at radius 2 is 2.29 bits per heavy atom. The standard InChI is InChI=1S/C10H17N3O/c1-14-10(3-6-11-7-4-10)8-9-2-5-12-13-9/h2,5,11H,3-4,6-8H2,1H3,(H,12,13). The molecule has 2 heterocycles. The second kappa shape index (κ2) is 4.11. The van der Waals surface area contributed by atoms with Crippen molar-refractivity contribution in [2.45, 2.75) is 24.9 Å². The van der Waals surface area contributed by atoms with Crippen LogP contribution in [-0.4, -0.2) is 36.0 Å². The Kier molecular flexibility index (Phi) is 2.84. The van der Waals surface area contributed by atoms with Crippen molar-refractivity contribution in [2.75, 3.05) is 20.2 Å². The zero-order chi connectivity index (χ0) is 9.86. The Morgan fingerprint density at radius 1 is 1.50 bits per heavy atom. The van der Waals surface area contributed by atoms with Crippen molar-refractivity contribution in [3.05, 3.63) is 18.0 Å². The molecule has 2 N–H and O–H groups in total. The van der Waals surface area contributed by atoms with Crippen LogP contribution in [0.25, 0.3) is 0 Å². The van der Waals surface area contributed by atoms with Crippen molar-refractivity contribution in [1.82, 2.24) is 15.5 Å². The van der Waals surface area contributed by atoms with E-state index >= 15 is 0 Å². The summed E-state index contributed by atoms with van der Waals surface area (Å²) in [4.78, 5) is 0. The number of ether oxygens (including phenoxy) is 1. The molecule has 14 heavy (non-hydrogen) atoms. The molecule has 1 aromatic rings. The smallest absolute Gasteiger partial charge is 0.0757 e. The minimum atomic E-state index is 0.0117. The lowest BCUT2D eigenvalue weighted by atomic mass is 9.87. The van der Waals surface area contributed by atoms with Gasteiger partial charge in [-0.15, -0.1) is 0 Å². The molecule has 1 fully saturated rings. The molecule has 0 amide bonds. The van der Waals surface area contributed by atoms with Gasteiger partial charge in [0, 0.05) is 25.4 Å². The van der Waals surface area contributed by atoms with E-state index < -0.39 is 0 Å². The van der Waals surface area contributed by atoms with Crippen LogP contribution in [0.15, 0.2) is 12.3 Å². The number of nitrogens with one attached hydrogen (secondary N) is 2. The zero-order valence-corrected chi connectivity index (χ0v) is 8.55. The van der Waals surface area contributed by atoms with Gasteiger partial charge in [-0.25, -0.2) is 0 Å². The summed E-state index contributed by atoms with van der Waals surface area (Å²) < 4.78 is 5.66. The maximum absolute atomic E-state index is 5.66. The van der Waals surface area contributed by atoms with Gasteiger partial charge in [-0.05, 0) is 32.0 Å². The molecule has 0 atom stereocenters. The summed E-state index contributed by atoms with van der Waals surface area (Å²) in [6.45, 7) is 2.09. The van der Waals surface area contributed by atoms with Crippen LogP contribution in [0.4, 0.5) is 0 Å². The molecule has 1 aliphatic rings. The van der Waals surface area contributed by atoms with E-state index in [0.717, 1.165) is 38.0 Å². The molecule has 4 heteroatoms. The highest BCUT2D eigenvalue weighted by Crippen LogP contribution is 2.26. The van der Waals surface area contributed by atoms with E-state index in [1.165, 1.54) is 0 Å². The van der Waals surface area contributed by atoms with E-state index in [9.17, 15) is 0 Å².